The molecule has 0 aliphatic carbocycles. The molecular formula is C62H40N2O. The largest absolute Gasteiger partial charge is 0.455 e. The van der Waals surface area contributed by atoms with Crippen LogP contribution in [0.3, 0.4) is 0 Å². The predicted molar refractivity (Wildman–Crippen MR) is 274 cm³/mol. The molecule has 0 fully saturated rings. The summed E-state index contributed by atoms with van der Waals surface area (Å²) in [5, 5.41) is 9.67. The molecule has 65 heavy (non-hydrogen) atoms. The Labute approximate surface area is 376 Å². The second kappa shape index (κ2) is 15.0. The number of aromatic nitrogens is 1. The van der Waals surface area contributed by atoms with Crippen molar-refractivity contribution in [3.63, 3.8) is 0 Å². The predicted octanol–water partition coefficient (Wildman–Crippen LogP) is 17.5. The van der Waals surface area contributed by atoms with E-state index in [4.69, 9.17) is 4.42 Å². The Balaban J connectivity index is 0.889. The maximum absolute atomic E-state index is 6.46. The lowest BCUT2D eigenvalue weighted by atomic mass is 9.97. The molecule has 0 saturated carbocycles. The summed E-state index contributed by atoms with van der Waals surface area (Å²) in [6.07, 6.45) is 0. The van der Waals surface area contributed by atoms with Gasteiger partial charge in [0.2, 0.25) is 0 Å². The zero-order chi connectivity index (χ0) is 42.8. The van der Waals surface area contributed by atoms with Crippen LogP contribution < -0.4 is 4.90 Å². The lowest BCUT2D eigenvalue weighted by molar-refractivity contribution is 0.670. The zero-order valence-corrected chi connectivity index (χ0v) is 35.4. The Morgan fingerprint density at radius 2 is 0.800 bits per heavy atom. The van der Waals surface area contributed by atoms with Gasteiger partial charge >= 0.3 is 0 Å². The van der Waals surface area contributed by atoms with Gasteiger partial charge in [0.15, 0.2) is 0 Å². The van der Waals surface area contributed by atoms with E-state index >= 15 is 0 Å². The molecule has 0 aliphatic rings. The van der Waals surface area contributed by atoms with Gasteiger partial charge in [-0.3, -0.25) is 0 Å². The molecule has 13 rings (SSSR count). The normalized spacial score (nSPS) is 11.7. The van der Waals surface area contributed by atoms with Gasteiger partial charge in [0.25, 0.3) is 0 Å². The third kappa shape index (κ3) is 6.05. The first kappa shape index (κ1) is 36.9. The first-order valence-electron chi connectivity index (χ1n) is 22.2. The standard InChI is InChI=1S/C62H40N2O/c1-2-15-48-45(14-1)40-60(52-18-4-3-17-51(48)52)63(47-38-34-44(35-39-47)50-22-13-23-56-55-21-8-12-27-61(55)65-62(50)56)46-36-32-42(33-37-46)41-28-30-43(31-29-41)49-16-5-9-24-57(49)64-58-25-10-6-19-53(58)54-20-7-11-26-59(54)64/h1-40H. The summed E-state index contributed by atoms with van der Waals surface area (Å²) in [6, 6.07) is 87.7. The number of hydrogen-bond donors (Lipinski definition) is 0. The van der Waals surface area contributed by atoms with Gasteiger partial charge in [0, 0.05) is 49.4 Å². The van der Waals surface area contributed by atoms with Crippen LogP contribution in [0.25, 0.3) is 104 Å². The fraction of sp³-hybridized carbons (Fsp3) is 0. The van der Waals surface area contributed by atoms with Crippen LogP contribution in [0.4, 0.5) is 17.1 Å². The summed E-state index contributed by atoms with van der Waals surface area (Å²) < 4.78 is 8.87. The summed E-state index contributed by atoms with van der Waals surface area (Å²) in [5.41, 5.74) is 15.6. The number of benzene rings is 11. The van der Waals surface area contributed by atoms with Crippen LogP contribution in [0.1, 0.15) is 0 Å². The highest BCUT2D eigenvalue weighted by Gasteiger charge is 2.20. The zero-order valence-electron chi connectivity index (χ0n) is 35.4. The minimum absolute atomic E-state index is 0.904. The Hall–Kier alpha value is -8.66. The molecule has 0 saturated heterocycles. The Morgan fingerprint density at radius 1 is 0.323 bits per heavy atom. The van der Waals surface area contributed by atoms with Gasteiger partial charge in [-0.25, -0.2) is 0 Å². The van der Waals surface area contributed by atoms with Crippen LogP contribution in [0.2, 0.25) is 0 Å². The molecule has 2 aromatic heterocycles. The van der Waals surface area contributed by atoms with Gasteiger partial charge in [0.1, 0.15) is 11.2 Å². The van der Waals surface area contributed by atoms with Gasteiger partial charge in [-0.05, 0) is 93.0 Å². The second-order valence-corrected chi connectivity index (χ2v) is 16.8. The molecule has 2 heterocycles. The maximum Gasteiger partial charge on any atom is 0.143 e. The molecule has 0 N–H and O–H groups in total. The minimum Gasteiger partial charge on any atom is -0.455 e. The molecule has 3 heteroatoms. The van der Waals surface area contributed by atoms with Crippen molar-refractivity contribution in [2.24, 2.45) is 0 Å². The first-order chi connectivity index (χ1) is 32.2. The lowest BCUT2D eigenvalue weighted by Gasteiger charge is -2.28. The Morgan fingerprint density at radius 3 is 1.51 bits per heavy atom. The van der Waals surface area contributed by atoms with Crippen molar-refractivity contribution in [2.75, 3.05) is 4.90 Å². The molecule has 11 aromatic carbocycles. The molecule has 0 atom stereocenters. The third-order valence-electron chi connectivity index (χ3n) is 13.2. The monoisotopic (exact) mass is 828 g/mol. The van der Waals surface area contributed by atoms with Crippen molar-refractivity contribution >= 4 is 82.4 Å². The van der Waals surface area contributed by atoms with E-state index in [1.54, 1.807) is 0 Å². The summed E-state index contributed by atoms with van der Waals surface area (Å²) in [6.45, 7) is 0. The second-order valence-electron chi connectivity index (χ2n) is 16.8. The number of hydrogen-bond acceptors (Lipinski definition) is 2. The van der Waals surface area contributed by atoms with Crippen LogP contribution in [0, 0.1) is 0 Å². The van der Waals surface area contributed by atoms with Crippen LogP contribution in [-0.2, 0) is 0 Å². The third-order valence-corrected chi connectivity index (χ3v) is 13.2. The maximum atomic E-state index is 6.46. The van der Waals surface area contributed by atoms with Gasteiger partial charge in [-0.2, -0.15) is 0 Å². The number of nitrogens with zero attached hydrogens (tertiary/aromatic N) is 2. The molecule has 0 spiro atoms. The number of para-hydroxylation sites is 5. The SMILES string of the molecule is c1ccc(-n2c3ccccc3c3ccccc32)c(-c2ccc(-c3ccc(N(c4ccc(-c5cccc6c5oc5ccccc56)cc4)c4cc5ccccc5c5ccccc45)cc3)cc2)c1. The van der Waals surface area contributed by atoms with Gasteiger partial charge < -0.3 is 13.9 Å². The van der Waals surface area contributed by atoms with Crippen molar-refractivity contribution in [2.45, 2.75) is 0 Å². The van der Waals surface area contributed by atoms with Gasteiger partial charge in [-0.1, -0.05) is 188 Å². The van der Waals surface area contributed by atoms with Gasteiger partial charge in [-0.15, -0.1) is 0 Å². The summed E-state index contributed by atoms with van der Waals surface area (Å²) in [7, 11) is 0. The van der Waals surface area contributed by atoms with Crippen molar-refractivity contribution < 1.29 is 4.42 Å². The van der Waals surface area contributed by atoms with E-state index in [2.05, 4.69) is 240 Å². The highest BCUT2D eigenvalue weighted by molar-refractivity contribution is 6.15. The lowest BCUT2D eigenvalue weighted by Crippen LogP contribution is -2.10. The molecular weight excluding hydrogens is 789 g/mol. The minimum atomic E-state index is 0.904. The topological polar surface area (TPSA) is 21.3 Å². The van der Waals surface area contributed by atoms with Crippen LogP contribution in [-0.4, -0.2) is 4.57 Å². The van der Waals surface area contributed by atoms with E-state index in [0.717, 1.165) is 55.7 Å². The van der Waals surface area contributed by atoms with Crippen molar-refractivity contribution in [3.8, 4) is 39.1 Å². The molecule has 0 amide bonds. The molecule has 0 unspecified atom stereocenters. The molecule has 3 nitrogen and oxygen atoms in total. The van der Waals surface area contributed by atoms with Crippen LogP contribution in [0.5, 0.6) is 0 Å². The average Bonchev–Trinajstić information content (AvgIpc) is 3.93. The molecule has 0 radical (unpaired) electrons. The first-order valence-corrected chi connectivity index (χ1v) is 22.2. The van der Waals surface area contributed by atoms with E-state index in [1.807, 2.05) is 12.1 Å². The molecule has 0 bridgehead atoms. The Kier molecular flexibility index (Phi) is 8.53. The fourth-order valence-electron chi connectivity index (χ4n) is 10.2. The van der Waals surface area contributed by atoms with E-state index in [0.29, 0.717) is 0 Å². The smallest absolute Gasteiger partial charge is 0.143 e. The van der Waals surface area contributed by atoms with Crippen LogP contribution >= 0.6 is 0 Å². The number of fused-ring (bicyclic) bond motifs is 9. The molecule has 13 aromatic rings. The quantitative estimate of drug-likeness (QED) is 0.149. The average molecular weight is 829 g/mol. The number of anilines is 3. The van der Waals surface area contributed by atoms with E-state index in [9.17, 15) is 0 Å². The van der Waals surface area contributed by atoms with Crippen molar-refractivity contribution in [3.05, 3.63) is 243 Å². The Bertz CT molecular complexity index is 3880. The van der Waals surface area contributed by atoms with Gasteiger partial charge in [0.05, 0.1) is 22.4 Å². The molecule has 304 valence electrons. The number of rotatable bonds is 7. The van der Waals surface area contributed by atoms with E-state index in [-0.39, 0.29) is 0 Å². The summed E-state index contributed by atoms with van der Waals surface area (Å²) in [4.78, 5) is 2.40. The van der Waals surface area contributed by atoms with Crippen molar-refractivity contribution in [1.29, 1.82) is 0 Å². The summed E-state index contributed by atoms with van der Waals surface area (Å²) in [5.74, 6) is 0. The highest BCUT2D eigenvalue weighted by Crippen LogP contribution is 2.44. The summed E-state index contributed by atoms with van der Waals surface area (Å²) >= 11 is 0. The number of furan rings is 1. The van der Waals surface area contributed by atoms with Crippen molar-refractivity contribution in [1.82, 2.24) is 4.57 Å². The van der Waals surface area contributed by atoms with Crippen LogP contribution in [0.15, 0.2) is 247 Å². The molecule has 0 aliphatic heterocycles. The fourth-order valence-corrected chi connectivity index (χ4v) is 10.2. The van der Waals surface area contributed by atoms with E-state index in [1.165, 1.54) is 65.7 Å². The highest BCUT2D eigenvalue weighted by atomic mass is 16.3. The van der Waals surface area contributed by atoms with E-state index < -0.39 is 0 Å².